The zero-order valence-corrected chi connectivity index (χ0v) is 13.9. The zero-order valence-electron chi connectivity index (χ0n) is 13.9. The smallest absolute Gasteiger partial charge is 0.274 e. The Balaban J connectivity index is 1.75. The summed E-state index contributed by atoms with van der Waals surface area (Å²) in [7, 11) is 1.64. The molecule has 6 nitrogen and oxygen atoms in total. The van der Waals surface area contributed by atoms with Crippen LogP contribution in [0.5, 0.6) is 0 Å². The molecule has 0 unspecified atom stereocenters. The van der Waals surface area contributed by atoms with Gasteiger partial charge in [0.25, 0.3) is 11.5 Å². The molecule has 0 radical (unpaired) electrons. The summed E-state index contributed by atoms with van der Waals surface area (Å²) in [6.07, 6.45) is 1.13. The van der Waals surface area contributed by atoms with Crippen molar-refractivity contribution in [3.05, 3.63) is 63.8 Å². The molecule has 7 heteroatoms. The predicted octanol–water partition coefficient (Wildman–Crippen LogP) is 1.63. The fourth-order valence-corrected chi connectivity index (χ4v) is 3.27. The van der Waals surface area contributed by atoms with Gasteiger partial charge >= 0.3 is 0 Å². The van der Waals surface area contributed by atoms with E-state index in [0.717, 1.165) is 0 Å². The lowest BCUT2D eigenvalue weighted by molar-refractivity contribution is -0.00342. The summed E-state index contributed by atoms with van der Waals surface area (Å²) in [5.41, 5.74) is 0.457. The molecule has 1 amide bonds. The van der Waals surface area contributed by atoms with E-state index in [-0.39, 0.29) is 35.0 Å². The Hall–Kier alpha value is -2.54. The van der Waals surface area contributed by atoms with Gasteiger partial charge in [-0.25, -0.2) is 9.49 Å². The van der Waals surface area contributed by atoms with E-state index in [0.29, 0.717) is 31.5 Å². The van der Waals surface area contributed by atoms with Crippen molar-refractivity contribution in [2.75, 3.05) is 20.2 Å². The first-order chi connectivity index (χ1) is 12.1. The molecule has 2 aromatic rings. The SMILES string of the molecule is CO[C@H]1CCN(C(=O)c2ccc(=O)[nH]n2)C[C@H]1Cc1ccccc1F. The van der Waals surface area contributed by atoms with E-state index >= 15 is 0 Å². The highest BCUT2D eigenvalue weighted by atomic mass is 19.1. The van der Waals surface area contributed by atoms with Gasteiger partial charge in [0.15, 0.2) is 0 Å². The molecule has 132 valence electrons. The second-order valence-corrected chi connectivity index (χ2v) is 6.18. The van der Waals surface area contributed by atoms with Crippen LogP contribution in [0.4, 0.5) is 4.39 Å². The molecular weight excluding hydrogens is 325 g/mol. The number of benzene rings is 1. The van der Waals surface area contributed by atoms with Gasteiger partial charge in [-0.3, -0.25) is 9.59 Å². The first-order valence-corrected chi connectivity index (χ1v) is 8.19. The highest BCUT2D eigenvalue weighted by Crippen LogP contribution is 2.25. The Morgan fingerprint density at radius 2 is 2.16 bits per heavy atom. The third-order valence-corrected chi connectivity index (χ3v) is 4.59. The van der Waals surface area contributed by atoms with Crippen LogP contribution >= 0.6 is 0 Å². The van der Waals surface area contributed by atoms with E-state index in [1.54, 1.807) is 30.2 Å². The standard InChI is InChI=1S/C18H20FN3O3/c1-25-16-8-9-22(18(24)15-6-7-17(23)21-20-15)11-13(16)10-12-4-2-3-5-14(12)19/h2-7,13,16H,8-11H2,1H3,(H,21,23)/t13-,16+/m1/s1. The number of amides is 1. The first kappa shape index (κ1) is 17.3. The molecule has 1 aliphatic heterocycles. The molecule has 0 spiro atoms. The maximum Gasteiger partial charge on any atom is 0.274 e. The number of ether oxygens (including phenoxy) is 1. The Bertz CT molecular complexity index is 788. The van der Waals surface area contributed by atoms with E-state index in [4.69, 9.17) is 4.74 Å². The van der Waals surface area contributed by atoms with Crippen LogP contribution in [0.1, 0.15) is 22.5 Å². The normalized spacial score (nSPS) is 20.5. The number of likely N-dealkylation sites (tertiary alicyclic amines) is 1. The van der Waals surface area contributed by atoms with Crippen LogP contribution < -0.4 is 5.56 Å². The predicted molar refractivity (Wildman–Crippen MR) is 89.8 cm³/mol. The van der Waals surface area contributed by atoms with Gasteiger partial charge in [0.2, 0.25) is 0 Å². The van der Waals surface area contributed by atoms with Gasteiger partial charge in [0.1, 0.15) is 11.5 Å². The lowest BCUT2D eigenvalue weighted by atomic mass is 9.88. The minimum absolute atomic E-state index is 0.0117. The molecule has 2 atom stereocenters. The molecule has 1 N–H and O–H groups in total. The number of piperidine rings is 1. The van der Waals surface area contributed by atoms with Crippen LogP contribution in [0.15, 0.2) is 41.2 Å². The Morgan fingerprint density at radius 1 is 1.36 bits per heavy atom. The summed E-state index contributed by atoms with van der Waals surface area (Å²) in [5, 5.41) is 6.07. The number of hydrogen-bond donors (Lipinski definition) is 1. The largest absolute Gasteiger partial charge is 0.381 e. The maximum atomic E-state index is 14.0. The van der Waals surface area contributed by atoms with Crippen LogP contribution in [0.2, 0.25) is 0 Å². The number of aromatic amines is 1. The number of carbonyl (C=O) groups is 1. The van der Waals surface area contributed by atoms with Crippen LogP contribution in [-0.4, -0.2) is 47.3 Å². The summed E-state index contributed by atoms with van der Waals surface area (Å²) in [5.74, 6) is -0.505. The first-order valence-electron chi connectivity index (χ1n) is 8.19. The average Bonchev–Trinajstić information content (AvgIpc) is 2.63. The molecule has 25 heavy (non-hydrogen) atoms. The van der Waals surface area contributed by atoms with Crippen molar-refractivity contribution in [1.82, 2.24) is 15.1 Å². The summed E-state index contributed by atoms with van der Waals surface area (Å²) >= 11 is 0. The van der Waals surface area contributed by atoms with Crippen molar-refractivity contribution >= 4 is 5.91 Å². The minimum atomic E-state index is -0.355. The summed E-state index contributed by atoms with van der Waals surface area (Å²) in [6.45, 7) is 0.985. The number of halogens is 1. The number of methoxy groups -OCH3 is 1. The van der Waals surface area contributed by atoms with Gasteiger partial charge in [0, 0.05) is 32.2 Å². The van der Waals surface area contributed by atoms with Gasteiger partial charge in [-0.1, -0.05) is 18.2 Å². The molecule has 1 aliphatic rings. The van der Waals surface area contributed by atoms with Gasteiger partial charge in [-0.15, -0.1) is 0 Å². The maximum absolute atomic E-state index is 14.0. The van der Waals surface area contributed by atoms with Crippen LogP contribution in [0, 0.1) is 11.7 Å². The van der Waals surface area contributed by atoms with Crippen molar-refractivity contribution in [3.8, 4) is 0 Å². The van der Waals surface area contributed by atoms with Gasteiger partial charge in [-0.2, -0.15) is 5.10 Å². The van der Waals surface area contributed by atoms with Crippen molar-refractivity contribution in [3.63, 3.8) is 0 Å². The lowest BCUT2D eigenvalue weighted by Gasteiger charge is -2.37. The minimum Gasteiger partial charge on any atom is -0.381 e. The lowest BCUT2D eigenvalue weighted by Crippen LogP contribution is -2.47. The molecule has 0 saturated carbocycles. The molecule has 1 fully saturated rings. The monoisotopic (exact) mass is 345 g/mol. The van der Waals surface area contributed by atoms with Gasteiger partial charge in [-0.05, 0) is 30.5 Å². The third kappa shape index (κ3) is 3.93. The van der Waals surface area contributed by atoms with Gasteiger partial charge < -0.3 is 9.64 Å². The Kier molecular flexibility index (Phi) is 5.23. The average molecular weight is 345 g/mol. The van der Waals surface area contributed by atoms with Crippen LogP contribution in [0.3, 0.4) is 0 Å². The number of rotatable bonds is 4. The van der Waals surface area contributed by atoms with E-state index in [9.17, 15) is 14.0 Å². The molecule has 3 rings (SSSR count). The fraction of sp³-hybridized carbons (Fsp3) is 0.389. The second-order valence-electron chi connectivity index (χ2n) is 6.18. The topological polar surface area (TPSA) is 75.3 Å². The number of nitrogens with zero attached hydrogens (tertiary/aromatic N) is 2. The molecule has 0 bridgehead atoms. The number of carbonyl (C=O) groups excluding carboxylic acids is 1. The number of hydrogen-bond acceptors (Lipinski definition) is 4. The quantitative estimate of drug-likeness (QED) is 0.914. The van der Waals surface area contributed by atoms with Crippen molar-refractivity contribution in [2.45, 2.75) is 18.9 Å². The second kappa shape index (κ2) is 7.57. The van der Waals surface area contributed by atoms with E-state index < -0.39 is 0 Å². The molecule has 0 aliphatic carbocycles. The summed E-state index contributed by atoms with van der Waals surface area (Å²) in [4.78, 5) is 25.4. The summed E-state index contributed by atoms with van der Waals surface area (Å²) in [6, 6.07) is 9.34. The van der Waals surface area contributed by atoms with Crippen molar-refractivity contribution < 1.29 is 13.9 Å². The van der Waals surface area contributed by atoms with Crippen molar-refractivity contribution in [1.29, 1.82) is 0 Å². The number of aromatic nitrogens is 2. The highest BCUT2D eigenvalue weighted by molar-refractivity contribution is 5.92. The van der Waals surface area contributed by atoms with Gasteiger partial charge in [0.05, 0.1) is 6.10 Å². The molecule has 1 aromatic carbocycles. The molecule has 1 aromatic heterocycles. The zero-order chi connectivity index (χ0) is 17.8. The number of nitrogens with one attached hydrogen (secondary N) is 1. The summed E-state index contributed by atoms with van der Waals surface area (Å²) < 4.78 is 19.5. The Morgan fingerprint density at radius 3 is 2.84 bits per heavy atom. The highest BCUT2D eigenvalue weighted by Gasteiger charge is 2.32. The third-order valence-electron chi connectivity index (χ3n) is 4.59. The molecule has 2 heterocycles. The fourth-order valence-electron chi connectivity index (χ4n) is 3.27. The van der Waals surface area contributed by atoms with E-state index in [2.05, 4.69) is 10.2 Å². The Labute approximate surface area is 144 Å². The van der Waals surface area contributed by atoms with Crippen LogP contribution in [-0.2, 0) is 11.2 Å². The van der Waals surface area contributed by atoms with Crippen molar-refractivity contribution in [2.24, 2.45) is 5.92 Å². The molecular formula is C18H20FN3O3. The van der Waals surface area contributed by atoms with E-state index in [1.807, 2.05) is 0 Å². The van der Waals surface area contributed by atoms with Crippen LogP contribution in [0.25, 0.3) is 0 Å². The molecule has 1 saturated heterocycles. The number of H-pyrrole nitrogens is 1. The van der Waals surface area contributed by atoms with E-state index in [1.165, 1.54) is 18.2 Å².